The van der Waals surface area contributed by atoms with Crippen molar-refractivity contribution in [2.75, 3.05) is 20.1 Å². The van der Waals surface area contributed by atoms with E-state index >= 15 is 0 Å². The van der Waals surface area contributed by atoms with Gasteiger partial charge in [-0.2, -0.15) is 0 Å². The van der Waals surface area contributed by atoms with Gasteiger partial charge in [0.2, 0.25) is 0 Å². The van der Waals surface area contributed by atoms with Crippen LogP contribution < -0.4 is 5.32 Å². The number of nitrogens with zero attached hydrogens (tertiary/aromatic N) is 1. The van der Waals surface area contributed by atoms with Crippen molar-refractivity contribution in [3.63, 3.8) is 0 Å². The molecule has 3 nitrogen and oxygen atoms in total. The Morgan fingerprint density at radius 2 is 2.38 bits per heavy atom. The molecule has 90 valence electrons. The van der Waals surface area contributed by atoms with E-state index in [1.807, 2.05) is 12.1 Å². The molecule has 1 aromatic heterocycles. The molecular weight excluding hydrogens is 200 g/mol. The van der Waals surface area contributed by atoms with Crippen molar-refractivity contribution in [3.8, 4) is 0 Å². The highest BCUT2D eigenvalue weighted by Crippen LogP contribution is 2.18. The number of hydrogen-bond acceptors (Lipinski definition) is 3. The van der Waals surface area contributed by atoms with Gasteiger partial charge in [0.1, 0.15) is 5.76 Å². The predicted molar refractivity (Wildman–Crippen MR) is 65.2 cm³/mol. The minimum absolute atomic E-state index is 0.695. The van der Waals surface area contributed by atoms with Crippen LogP contribution in [0.15, 0.2) is 22.8 Å². The fraction of sp³-hybridized carbons (Fsp3) is 0.692. The van der Waals surface area contributed by atoms with Crippen molar-refractivity contribution >= 4 is 0 Å². The molecule has 0 spiro atoms. The van der Waals surface area contributed by atoms with Crippen molar-refractivity contribution in [1.82, 2.24) is 10.2 Å². The first kappa shape index (κ1) is 11.7. The lowest BCUT2D eigenvalue weighted by Crippen LogP contribution is -2.31. The Labute approximate surface area is 97.8 Å². The monoisotopic (exact) mass is 222 g/mol. The smallest absolute Gasteiger partial charge is 0.117 e. The highest BCUT2D eigenvalue weighted by Gasteiger charge is 2.21. The van der Waals surface area contributed by atoms with Crippen molar-refractivity contribution in [2.24, 2.45) is 5.92 Å². The normalized spacial score (nSPS) is 17.9. The molecule has 3 heteroatoms. The Morgan fingerprint density at radius 3 is 3.00 bits per heavy atom. The molecule has 0 radical (unpaired) electrons. The lowest BCUT2D eigenvalue weighted by Gasteiger charge is -2.20. The zero-order chi connectivity index (χ0) is 11.4. The van der Waals surface area contributed by atoms with E-state index in [4.69, 9.17) is 4.42 Å². The second-order valence-corrected chi connectivity index (χ2v) is 5.06. The number of hydrogen-bond donors (Lipinski definition) is 1. The Hall–Kier alpha value is -0.800. The minimum Gasteiger partial charge on any atom is -0.468 e. The SMILES string of the molecule is CC(CNC1CC1)CN(C)Cc1ccco1. The molecule has 0 amide bonds. The molecule has 1 aliphatic rings. The Bertz CT molecular complexity index is 293. The van der Waals surface area contributed by atoms with Crippen LogP contribution in [0.5, 0.6) is 0 Å². The Balaban J connectivity index is 1.63. The molecule has 1 unspecified atom stereocenters. The first-order valence-corrected chi connectivity index (χ1v) is 6.18. The second kappa shape index (κ2) is 5.51. The summed E-state index contributed by atoms with van der Waals surface area (Å²) in [4.78, 5) is 2.32. The van der Waals surface area contributed by atoms with Crippen molar-refractivity contribution in [2.45, 2.75) is 32.4 Å². The van der Waals surface area contributed by atoms with Gasteiger partial charge in [-0.05, 0) is 44.5 Å². The van der Waals surface area contributed by atoms with Gasteiger partial charge in [-0.1, -0.05) is 6.92 Å². The second-order valence-electron chi connectivity index (χ2n) is 5.06. The summed E-state index contributed by atoms with van der Waals surface area (Å²) < 4.78 is 5.34. The van der Waals surface area contributed by atoms with Gasteiger partial charge in [0.15, 0.2) is 0 Å². The van der Waals surface area contributed by atoms with E-state index < -0.39 is 0 Å². The van der Waals surface area contributed by atoms with E-state index in [0.717, 1.165) is 31.4 Å². The highest BCUT2D eigenvalue weighted by molar-refractivity contribution is 4.97. The maximum atomic E-state index is 5.34. The molecule has 1 heterocycles. The van der Waals surface area contributed by atoms with Gasteiger partial charge in [-0.3, -0.25) is 4.90 Å². The summed E-state index contributed by atoms with van der Waals surface area (Å²) in [7, 11) is 2.15. The molecule has 0 aromatic carbocycles. The van der Waals surface area contributed by atoms with E-state index in [2.05, 4.69) is 24.2 Å². The fourth-order valence-electron chi connectivity index (χ4n) is 1.99. The Morgan fingerprint density at radius 1 is 1.56 bits per heavy atom. The third kappa shape index (κ3) is 3.99. The standard InChI is InChI=1S/C13H22N2O/c1-11(8-14-12-5-6-12)9-15(2)10-13-4-3-7-16-13/h3-4,7,11-12,14H,5-6,8-10H2,1-2H3. The van der Waals surface area contributed by atoms with Gasteiger partial charge in [-0.15, -0.1) is 0 Å². The van der Waals surface area contributed by atoms with Crippen LogP contribution in [0, 0.1) is 5.92 Å². The van der Waals surface area contributed by atoms with Crippen molar-refractivity contribution in [3.05, 3.63) is 24.2 Å². The average molecular weight is 222 g/mol. The highest BCUT2D eigenvalue weighted by atomic mass is 16.3. The maximum Gasteiger partial charge on any atom is 0.117 e. The fourth-order valence-corrected chi connectivity index (χ4v) is 1.99. The first-order valence-electron chi connectivity index (χ1n) is 6.18. The lowest BCUT2D eigenvalue weighted by molar-refractivity contribution is 0.253. The van der Waals surface area contributed by atoms with Crippen LogP contribution >= 0.6 is 0 Å². The quantitative estimate of drug-likeness (QED) is 0.766. The molecular formula is C13H22N2O. The van der Waals surface area contributed by atoms with Crippen LogP contribution in [0.2, 0.25) is 0 Å². The van der Waals surface area contributed by atoms with E-state index in [0.29, 0.717) is 5.92 Å². The molecule has 0 saturated heterocycles. The molecule has 1 atom stereocenters. The molecule has 1 N–H and O–H groups in total. The summed E-state index contributed by atoms with van der Waals surface area (Å²) in [5, 5.41) is 3.57. The zero-order valence-electron chi connectivity index (χ0n) is 10.3. The van der Waals surface area contributed by atoms with Crippen molar-refractivity contribution < 1.29 is 4.42 Å². The number of nitrogens with one attached hydrogen (secondary N) is 1. The summed E-state index contributed by atoms with van der Waals surface area (Å²) >= 11 is 0. The van der Waals surface area contributed by atoms with Crippen LogP contribution in [0.3, 0.4) is 0 Å². The number of rotatable bonds is 7. The van der Waals surface area contributed by atoms with Crippen LogP contribution in [-0.2, 0) is 6.54 Å². The molecule has 1 aromatic rings. The van der Waals surface area contributed by atoms with Gasteiger partial charge < -0.3 is 9.73 Å². The molecule has 16 heavy (non-hydrogen) atoms. The summed E-state index contributed by atoms with van der Waals surface area (Å²) in [6, 6.07) is 4.79. The van der Waals surface area contributed by atoms with Crippen LogP contribution in [0.1, 0.15) is 25.5 Å². The van der Waals surface area contributed by atoms with Gasteiger partial charge in [0.05, 0.1) is 12.8 Å². The predicted octanol–water partition coefficient (Wildman–Crippen LogP) is 2.10. The first-order chi connectivity index (χ1) is 7.74. The summed E-state index contributed by atoms with van der Waals surface area (Å²) in [5.41, 5.74) is 0. The molecule has 0 bridgehead atoms. The molecule has 0 aliphatic heterocycles. The number of furan rings is 1. The summed E-state index contributed by atoms with van der Waals surface area (Å²) in [6.45, 7) is 5.45. The third-order valence-electron chi connectivity index (χ3n) is 2.96. The van der Waals surface area contributed by atoms with Gasteiger partial charge in [0, 0.05) is 12.6 Å². The van der Waals surface area contributed by atoms with Gasteiger partial charge >= 0.3 is 0 Å². The lowest BCUT2D eigenvalue weighted by atomic mass is 10.1. The van der Waals surface area contributed by atoms with Crippen molar-refractivity contribution in [1.29, 1.82) is 0 Å². The van der Waals surface area contributed by atoms with Crippen LogP contribution in [-0.4, -0.2) is 31.1 Å². The minimum atomic E-state index is 0.695. The summed E-state index contributed by atoms with van der Waals surface area (Å²) in [6.07, 6.45) is 4.48. The van der Waals surface area contributed by atoms with E-state index in [1.54, 1.807) is 6.26 Å². The zero-order valence-corrected chi connectivity index (χ0v) is 10.3. The maximum absolute atomic E-state index is 5.34. The largest absolute Gasteiger partial charge is 0.468 e. The molecule has 1 saturated carbocycles. The topological polar surface area (TPSA) is 28.4 Å². The van der Waals surface area contributed by atoms with Crippen LogP contribution in [0.4, 0.5) is 0 Å². The van der Waals surface area contributed by atoms with Gasteiger partial charge in [0.25, 0.3) is 0 Å². The molecule has 2 rings (SSSR count). The molecule has 1 fully saturated rings. The Kier molecular flexibility index (Phi) is 4.02. The summed E-state index contributed by atoms with van der Waals surface area (Å²) in [5.74, 6) is 1.74. The molecule has 1 aliphatic carbocycles. The van der Waals surface area contributed by atoms with E-state index in [9.17, 15) is 0 Å². The van der Waals surface area contributed by atoms with Crippen LogP contribution in [0.25, 0.3) is 0 Å². The van der Waals surface area contributed by atoms with E-state index in [1.165, 1.54) is 12.8 Å². The van der Waals surface area contributed by atoms with Gasteiger partial charge in [-0.25, -0.2) is 0 Å². The average Bonchev–Trinajstić information content (AvgIpc) is 2.94. The third-order valence-corrected chi connectivity index (χ3v) is 2.96. The van der Waals surface area contributed by atoms with E-state index in [-0.39, 0.29) is 0 Å².